The summed E-state index contributed by atoms with van der Waals surface area (Å²) in [5.74, 6) is -0.151. The highest BCUT2D eigenvalue weighted by Crippen LogP contribution is 2.29. The average molecular weight is 545 g/mol. The van der Waals surface area contributed by atoms with Crippen molar-refractivity contribution in [1.82, 2.24) is 14.2 Å². The first-order chi connectivity index (χ1) is 18.2. The molecule has 5 rings (SSSR count). The Bertz CT molecular complexity index is 1670. The molecule has 0 spiro atoms. The summed E-state index contributed by atoms with van der Waals surface area (Å²) in [5.41, 5.74) is 2.56. The van der Waals surface area contributed by atoms with Gasteiger partial charge >= 0.3 is 0 Å². The highest BCUT2D eigenvalue weighted by molar-refractivity contribution is 7.89. The predicted octanol–water partition coefficient (Wildman–Crippen LogP) is 5.35. The van der Waals surface area contributed by atoms with Crippen molar-refractivity contribution >= 4 is 38.3 Å². The molecule has 9 heteroatoms. The summed E-state index contributed by atoms with van der Waals surface area (Å²) in [6.45, 7) is 4.22. The molecule has 1 fully saturated rings. The van der Waals surface area contributed by atoms with Crippen molar-refractivity contribution in [2.24, 2.45) is 0 Å². The minimum Gasteiger partial charge on any atom is -0.335 e. The first-order valence-electron chi connectivity index (χ1n) is 12.2. The molecule has 2 atom stereocenters. The summed E-state index contributed by atoms with van der Waals surface area (Å²) in [6, 6.07) is 22.3. The van der Waals surface area contributed by atoms with E-state index < -0.39 is 22.1 Å². The molecule has 0 aliphatic carbocycles. The van der Waals surface area contributed by atoms with Crippen LogP contribution in [-0.2, 0) is 10.0 Å². The van der Waals surface area contributed by atoms with Gasteiger partial charge in [-0.25, -0.2) is 13.4 Å². The van der Waals surface area contributed by atoms with Gasteiger partial charge in [0, 0.05) is 42.0 Å². The molecule has 192 valence electrons. The number of carbonyl (C=O) groups excluding carboxylic acids is 1. The van der Waals surface area contributed by atoms with Crippen LogP contribution in [0.2, 0.25) is 5.02 Å². The fourth-order valence-electron chi connectivity index (χ4n) is 5.08. The van der Waals surface area contributed by atoms with Gasteiger partial charge < -0.3 is 4.90 Å². The molecule has 1 aliphatic rings. The molecule has 2 heterocycles. The molecule has 1 saturated heterocycles. The number of halogens is 1. The first-order valence-corrected chi connectivity index (χ1v) is 14.0. The lowest BCUT2D eigenvalue weighted by atomic mass is 10.0. The Hall–Kier alpha value is -3.77. The van der Waals surface area contributed by atoms with Gasteiger partial charge in [-0.15, -0.1) is 0 Å². The summed E-state index contributed by atoms with van der Waals surface area (Å²) in [4.78, 5) is 19.3. The average Bonchev–Trinajstić information content (AvgIpc) is 2.91. The Kier molecular flexibility index (Phi) is 6.93. The predicted molar refractivity (Wildman–Crippen MR) is 147 cm³/mol. The summed E-state index contributed by atoms with van der Waals surface area (Å²) < 4.78 is 28.8. The maximum Gasteiger partial charge on any atom is 0.253 e. The molecular weight excluding hydrogens is 520 g/mol. The van der Waals surface area contributed by atoms with Crippen molar-refractivity contribution in [1.29, 1.82) is 5.26 Å². The second kappa shape index (κ2) is 10.2. The maximum absolute atomic E-state index is 13.7. The van der Waals surface area contributed by atoms with Gasteiger partial charge in [-0.1, -0.05) is 35.9 Å². The normalized spacial score (nSPS) is 18.3. The Morgan fingerprint density at radius 3 is 2.26 bits per heavy atom. The number of carbonyl (C=O) groups is 1. The second-order valence-electron chi connectivity index (χ2n) is 9.52. The van der Waals surface area contributed by atoms with Crippen LogP contribution in [0.15, 0.2) is 83.9 Å². The van der Waals surface area contributed by atoms with Crippen LogP contribution >= 0.6 is 11.6 Å². The van der Waals surface area contributed by atoms with Gasteiger partial charge in [0.05, 0.1) is 4.90 Å². The zero-order valence-corrected chi connectivity index (χ0v) is 22.4. The van der Waals surface area contributed by atoms with E-state index in [1.165, 1.54) is 4.31 Å². The van der Waals surface area contributed by atoms with E-state index in [1.54, 1.807) is 59.6 Å². The number of hydrogen-bond acceptors (Lipinski definition) is 5. The minimum atomic E-state index is -3.78. The number of nitrogens with zero attached hydrogens (tertiary/aromatic N) is 4. The molecule has 38 heavy (non-hydrogen) atoms. The van der Waals surface area contributed by atoms with E-state index in [9.17, 15) is 13.2 Å². The lowest BCUT2D eigenvalue weighted by Crippen LogP contribution is -2.59. The summed E-state index contributed by atoms with van der Waals surface area (Å²) in [7, 11) is -3.78. The molecule has 0 saturated carbocycles. The molecule has 0 N–H and O–H groups in total. The highest BCUT2D eigenvalue weighted by atomic mass is 35.5. The van der Waals surface area contributed by atoms with Gasteiger partial charge in [0.2, 0.25) is 10.0 Å². The fourth-order valence-corrected chi connectivity index (χ4v) is 7.10. The molecule has 3 aromatic carbocycles. The topological polar surface area (TPSA) is 94.4 Å². The number of piperazine rings is 1. The summed E-state index contributed by atoms with van der Waals surface area (Å²) >= 11 is 6.07. The van der Waals surface area contributed by atoms with Crippen molar-refractivity contribution in [2.75, 3.05) is 13.1 Å². The first kappa shape index (κ1) is 25.9. The molecule has 4 aromatic rings. The molecule has 0 unspecified atom stereocenters. The third kappa shape index (κ3) is 4.88. The quantitative estimate of drug-likeness (QED) is 0.345. The third-order valence-electron chi connectivity index (χ3n) is 6.81. The highest BCUT2D eigenvalue weighted by Gasteiger charge is 2.40. The van der Waals surface area contributed by atoms with Crippen LogP contribution in [0.4, 0.5) is 0 Å². The van der Waals surface area contributed by atoms with Crippen LogP contribution in [0, 0.1) is 11.3 Å². The number of rotatable bonds is 4. The molecular formula is C29H25ClN4O3S. The number of pyridine rings is 1. The largest absolute Gasteiger partial charge is 0.335 e. The van der Waals surface area contributed by atoms with Crippen LogP contribution in [0.25, 0.3) is 21.9 Å². The second-order valence-corrected chi connectivity index (χ2v) is 11.8. The zero-order valence-electron chi connectivity index (χ0n) is 20.9. The number of hydrogen-bond donors (Lipinski definition) is 0. The number of sulfonamides is 1. The number of benzene rings is 3. The summed E-state index contributed by atoms with van der Waals surface area (Å²) in [6.07, 6.45) is 1.58. The van der Waals surface area contributed by atoms with Gasteiger partial charge in [0.1, 0.15) is 11.8 Å². The van der Waals surface area contributed by atoms with E-state index in [0.717, 1.165) is 21.9 Å². The monoisotopic (exact) mass is 544 g/mol. The SMILES string of the molecule is C[C@@H]1CN(C(=O)c2ccc(-c3ccnc(C#N)c3)cc2)C[C@H](C)N1S(=O)(=O)c1ccc2cc(Cl)ccc2c1. The van der Waals surface area contributed by atoms with E-state index in [1.807, 2.05) is 44.2 Å². The van der Waals surface area contributed by atoms with Gasteiger partial charge in [-0.05, 0) is 84.3 Å². The molecule has 0 radical (unpaired) electrons. The summed E-state index contributed by atoms with van der Waals surface area (Å²) in [5, 5.41) is 11.3. The van der Waals surface area contributed by atoms with Gasteiger partial charge in [-0.3, -0.25) is 4.79 Å². The lowest BCUT2D eigenvalue weighted by Gasteiger charge is -2.43. The maximum atomic E-state index is 13.7. The van der Waals surface area contributed by atoms with Crippen LogP contribution in [0.1, 0.15) is 29.9 Å². The Balaban J connectivity index is 1.34. The number of fused-ring (bicyclic) bond motifs is 1. The van der Waals surface area contributed by atoms with E-state index >= 15 is 0 Å². The zero-order chi connectivity index (χ0) is 27.0. The number of nitriles is 1. The lowest BCUT2D eigenvalue weighted by molar-refractivity contribution is 0.0554. The molecule has 0 bridgehead atoms. The molecule has 1 aromatic heterocycles. The third-order valence-corrected chi connectivity index (χ3v) is 9.17. The van der Waals surface area contributed by atoms with E-state index in [4.69, 9.17) is 16.9 Å². The minimum absolute atomic E-state index is 0.151. The number of aromatic nitrogens is 1. The Morgan fingerprint density at radius 1 is 0.921 bits per heavy atom. The van der Waals surface area contributed by atoms with E-state index in [2.05, 4.69) is 4.98 Å². The van der Waals surface area contributed by atoms with E-state index in [0.29, 0.717) is 16.3 Å². The van der Waals surface area contributed by atoms with Crippen molar-refractivity contribution in [3.05, 3.63) is 95.3 Å². The van der Waals surface area contributed by atoms with Crippen LogP contribution in [-0.4, -0.2) is 53.7 Å². The van der Waals surface area contributed by atoms with Crippen molar-refractivity contribution in [2.45, 2.75) is 30.8 Å². The Labute approximate surface area is 226 Å². The standard InChI is InChI=1S/C29H25ClN4O3S/c1-19-17-33(29(35)22-5-3-21(4-6-22)25-11-12-32-27(14-25)16-31)18-20(2)34(19)38(36,37)28-10-8-23-13-26(30)9-7-24(23)15-28/h3-15,19-20H,17-18H2,1-2H3/t19-,20+. The van der Waals surface area contributed by atoms with E-state index in [-0.39, 0.29) is 23.9 Å². The smallest absolute Gasteiger partial charge is 0.253 e. The molecule has 7 nitrogen and oxygen atoms in total. The fraction of sp³-hybridized carbons (Fsp3) is 0.207. The van der Waals surface area contributed by atoms with Gasteiger partial charge in [0.15, 0.2) is 0 Å². The molecule has 1 aliphatic heterocycles. The van der Waals surface area contributed by atoms with Crippen LogP contribution in [0.5, 0.6) is 0 Å². The van der Waals surface area contributed by atoms with Crippen molar-refractivity contribution in [3.63, 3.8) is 0 Å². The number of amides is 1. The Morgan fingerprint density at radius 2 is 1.58 bits per heavy atom. The van der Waals surface area contributed by atoms with Crippen LogP contribution in [0.3, 0.4) is 0 Å². The van der Waals surface area contributed by atoms with Gasteiger partial charge in [0.25, 0.3) is 5.91 Å². The van der Waals surface area contributed by atoms with Gasteiger partial charge in [-0.2, -0.15) is 9.57 Å². The molecule has 1 amide bonds. The van der Waals surface area contributed by atoms with Crippen LogP contribution < -0.4 is 0 Å². The van der Waals surface area contributed by atoms with Crippen molar-refractivity contribution < 1.29 is 13.2 Å². The van der Waals surface area contributed by atoms with Crippen molar-refractivity contribution in [3.8, 4) is 17.2 Å².